The molecule has 2 heteroatoms. The van der Waals surface area contributed by atoms with Crippen molar-refractivity contribution < 1.29 is 9.53 Å². The third kappa shape index (κ3) is 19.5. The maximum atomic E-state index is 9.94. The highest BCUT2D eigenvalue weighted by atomic mass is 16.5. The van der Waals surface area contributed by atoms with Gasteiger partial charge in [0.1, 0.15) is 0 Å². The van der Waals surface area contributed by atoms with Gasteiger partial charge < -0.3 is 4.74 Å². The molecule has 0 spiro atoms. The molecule has 21 heavy (non-hydrogen) atoms. The van der Waals surface area contributed by atoms with Gasteiger partial charge in [-0.2, -0.15) is 0 Å². The van der Waals surface area contributed by atoms with Gasteiger partial charge in [0.2, 0.25) is 0 Å². The summed E-state index contributed by atoms with van der Waals surface area (Å²) in [6, 6.07) is 0. The van der Waals surface area contributed by atoms with E-state index in [9.17, 15) is 4.79 Å². The van der Waals surface area contributed by atoms with Gasteiger partial charge in [0.15, 0.2) is 0 Å². The second-order valence-electron chi connectivity index (χ2n) is 6.27. The topological polar surface area (TPSA) is 26.3 Å². The smallest absolute Gasteiger partial charge is 0.293 e. The first-order chi connectivity index (χ1) is 10.4. The highest BCUT2D eigenvalue weighted by Crippen LogP contribution is 2.13. The van der Waals surface area contributed by atoms with Crippen LogP contribution in [0.1, 0.15) is 110 Å². The molecule has 0 aliphatic rings. The minimum Gasteiger partial charge on any atom is -0.468 e. The van der Waals surface area contributed by atoms with Crippen LogP contribution in [0.25, 0.3) is 0 Å². The second-order valence-corrected chi connectivity index (χ2v) is 6.27. The molecule has 0 aromatic carbocycles. The number of hydrogen-bond acceptors (Lipinski definition) is 2. The van der Waals surface area contributed by atoms with E-state index in [2.05, 4.69) is 11.7 Å². The first-order valence-corrected chi connectivity index (χ1v) is 9.47. The first-order valence-electron chi connectivity index (χ1n) is 9.47. The van der Waals surface area contributed by atoms with Crippen LogP contribution >= 0.6 is 0 Å². The quantitative estimate of drug-likeness (QED) is 0.215. The van der Waals surface area contributed by atoms with Crippen molar-refractivity contribution in [1.29, 1.82) is 0 Å². The average molecular weight is 299 g/mol. The Labute approximate surface area is 133 Å². The van der Waals surface area contributed by atoms with Crippen molar-refractivity contribution in [2.45, 2.75) is 110 Å². The molecule has 0 aromatic heterocycles. The molecule has 0 heterocycles. The predicted octanol–water partition coefficient (Wildman–Crippen LogP) is 6.42. The molecule has 0 radical (unpaired) electrons. The summed E-state index contributed by atoms with van der Waals surface area (Å²) in [4.78, 5) is 9.94. The lowest BCUT2D eigenvalue weighted by atomic mass is 10.0. The Morgan fingerprint density at radius 3 is 1.24 bits per heavy atom. The summed E-state index contributed by atoms with van der Waals surface area (Å²) in [7, 11) is 0. The standard InChI is InChI=1S/C19H38O2/c1-2-3-4-5-6-7-8-9-10-11-12-13-14-15-16-17-18-21-19-20/h19H,2-18H2,1H3. The van der Waals surface area contributed by atoms with Crippen LogP contribution in [0.3, 0.4) is 0 Å². The summed E-state index contributed by atoms with van der Waals surface area (Å²) in [6.45, 7) is 3.43. The van der Waals surface area contributed by atoms with E-state index in [1.165, 1.54) is 96.3 Å². The lowest BCUT2D eigenvalue weighted by Gasteiger charge is -2.03. The Balaban J connectivity index is 2.91. The van der Waals surface area contributed by atoms with Crippen LogP contribution in [-0.2, 0) is 9.53 Å². The molecule has 0 unspecified atom stereocenters. The molecule has 2 nitrogen and oxygen atoms in total. The summed E-state index contributed by atoms with van der Waals surface area (Å²) >= 11 is 0. The highest BCUT2D eigenvalue weighted by molar-refractivity contribution is 5.36. The Morgan fingerprint density at radius 2 is 0.905 bits per heavy atom. The van der Waals surface area contributed by atoms with E-state index in [1.807, 2.05) is 0 Å². The zero-order valence-corrected chi connectivity index (χ0v) is 14.4. The van der Waals surface area contributed by atoms with Gasteiger partial charge in [0, 0.05) is 0 Å². The van der Waals surface area contributed by atoms with Crippen LogP contribution in [0.15, 0.2) is 0 Å². The predicted molar refractivity (Wildman–Crippen MR) is 91.6 cm³/mol. The van der Waals surface area contributed by atoms with E-state index in [0.29, 0.717) is 13.1 Å². The van der Waals surface area contributed by atoms with Crippen molar-refractivity contribution in [2.24, 2.45) is 0 Å². The molecule has 0 saturated carbocycles. The fourth-order valence-corrected chi connectivity index (χ4v) is 2.78. The van der Waals surface area contributed by atoms with Gasteiger partial charge in [0.25, 0.3) is 6.47 Å². The molecular formula is C19H38O2. The molecule has 0 aliphatic heterocycles. The zero-order valence-electron chi connectivity index (χ0n) is 14.4. The van der Waals surface area contributed by atoms with Gasteiger partial charge in [-0.25, -0.2) is 0 Å². The van der Waals surface area contributed by atoms with E-state index < -0.39 is 0 Å². The molecule has 0 bridgehead atoms. The van der Waals surface area contributed by atoms with Gasteiger partial charge in [-0.1, -0.05) is 103 Å². The molecule has 0 amide bonds. The average Bonchev–Trinajstić information content (AvgIpc) is 2.50. The maximum absolute atomic E-state index is 9.94. The Bertz CT molecular complexity index is 192. The molecular weight excluding hydrogens is 260 g/mol. The number of rotatable bonds is 18. The monoisotopic (exact) mass is 298 g/mol. The summed E-state index contributed by atoms with van der Waals surface area (Å²) in [6.07, 6.45) is 22.0. The largest absolute Gasteiger partial charge is 0.468 e. The summed E-state index contributed by atoms with van der Waals surface area (Å²) in [5, 5.41) is 0. The third-order valence-electron chi connectivity index (χ3n) is 4.18. The van der Waals surface area contributed by atoms with E-state index in [-0.39, 0.29) is 0 Å². The van der Waals surface area contributed by atoms with Gasteiger partial charge in [0.05, 0.1) is 6.61 Å². The van der Waals surface area contributed by atoms with Crippen molar-refractivity contribution in [3.63, 3.8) is 0 Å². The van der Waals surface area contributed by atoms with Crippen LogP contribution in [0, 0.1) is 0 Å². The number of unbranched alkanes of at least 4 members (excludes halogenated alkanes) is 15. The summed E-state index contributed by atoms with van der Waals surface area (Å²) in [5.41, 5.74) is 0. The SMILES string of the molecule is CCCCCCCCCCCCCCCCCCOC=O. The van der Waals surface area contributed by atoms with Crippen LogP contribution < -0.4 is 0 Å². The minimum absolute atomic E-state index is 0.547. The fourth-order valence-electron chi connectivity index (χ4n) is 2.78. The molecule has 126 valence electrons. The number of ether oxygens (including phenoxy) is 1. The van der Waals surface area contributed by atoms with E-state index in [4.69, 9.17) is 0 Å². The molecule has 0 saturated heterocycles. The molecule has 0 N–H and O–H groups in total. The molecule has 0 atom stereocenters. The van der Waals surface area contributed by atoms with Crippen LogP contribution in [0.5, 0.6) is 0 Å². The van der Waals surface area contributed by atoms with Crippen LogP contribution in [0.4, 0.5) is 0 Å². The Morgan fingerprint density at radius 1 is 0.571 bits per heavy atom. The second kappa shape index (κ2) is 19.5. The first kappa shape index (κ1) is 20.5. The fraction of sp³-hybridized carbons (Fsp3) is 0.947. The molecule has 0 rings (SSSR count). The normalized spacial score (nSPS) is 10.7. The highest BCUT2D eigenvalue weighted by Gasteiger charge is 1.94. The number of carbonyl (C=O) groups is 1. The van der Waals surface area contributed by atoms with Gasteiger partial charge >= 0.3 is 0 Å². The summed E-state index contributed by atoms with van der Waals surface area (Å²) in [5.74, 6) is 0. The van der Waals surface area contributed by atoms with Gasteiger partial charge in [-0.15, -0.1) is 0 Å². The minimum atomic E-state index is 0.547. The van der Waals surface area contributed by atoms with E-state index >= 15 is 0 Å². The van der Waals surface area contributed by atoms with Gasteiger partial charge in [-0.05, 0) is 6.42 Å². The van der Waals surface area contributed by atoms with E-state index in [1.54, 1.807) is 0 Å². The van der Waals surface area contributed by atoms with Crippen molar-refractivity contribution in [1.82, 2.24) is 0 Å². The Kier molecular flexibility index (Phi) is 19.0. The lowest BCUT2D eigenvalue weighted by molar-refractivity contribution is -0.128. The molecule has 0 aliphatic carbocycles. The van der Waals surface area contributed by atoms with E-state index in [0.717, 1.165) is 6.42 Å². The van der Waals surface area contributed by atoms with Crippen molar-refractivity contribution >= 4 is 6.47 Å². The number of hydrogen-bond donors (Lipinski definition) is 0. The third-order valence-corrected chi connectivity index (χ3v) is 4.18. The lowest BCUT2D eigenvalue weighted by Crippen LogP contribution is -1.91. The molecule has 0 fully saturated rings. The van der Waals surface area contributed by atoms with Crippen molar-refractivity contribution in [3.8, 4) is 0 Å². The van der Waals surface area contributed by atoms with Crippen molar-refractivity contribution in [3.05, 3.63) is 0 Å². The number of carbonyl (C=O) groups excluding carboxylic acids is 1. The zero-order chi connectivity index (χ0) is 15.4. The maximum Gasteiger partial charge on any atom is 0.293 e. The van der Waals surface area contributed by atoms with Crippen LogP contribution in [-0.4, -0.2) is 13.1 Å². The van der Waals surface area contributed by atoms with Crippen LogP contribution in [0.2, 0.25) is 0 Å². The Hall–Kier alpha value is -0.530. The molecule has 0 aromatic rings. The van der Waals surface area contributed by atoms with Gasteiger partial charge in [-0.3, -0.25) is 4.79 Å². The van der Waals surface area contributed by atoms with Crippen molar-refractivity contribution in [2.75, 3.05) is 6.61 Å². The summed E-state index contributed by atoms with van der Waals surface area (Å²) < 4.78 is 4.67.